The average Bonchev–Trinajstić information content (AvgIpc) is 2.78. The Morgan fingerprint density at radius 2 is 1.96 bits per heavy atom. The zero-order valence-electron chi connectivity index (χ0n) is 18.1. The molecule has 26 heavy (non-hydrogen) atoms. The summed E-state index contributed by atoms with van der Waals surface area (Å²) in [5.41, 5.74) is 5.80. The second-order valence-corrected chi connectivity index (χ2v) is 11.2. The second-order valence-electron chi connectivity index (χ2n) is 10.0. The van der Waals surface area contributed by atoms with Gasteiger partial charge in [-0.25, -0.2) is 0 Å². The number of aldehydes is 1. The molecule has 0 spiro atoms. The smallest absolute Gasteiger partial charge is 0.293 e. The Morgan fingerprint density at radius 3 is 2.42 bits per heavy atom. The Morgan fingerprint density at radius 1 is 1.35 bits per heavy atom. The van der Waals surface area contributed by atoms with E-state index in [4.69, 9.17) is 10.4 Å². The molecule has 1 fully saturated rings. The molecule has 0 aromatic carbocycles. The van der Waals surface area contributed by atoms with Crippen LogP contribution in [0.4, 0.5) is 0 Å². The van der Waals surface area contributed by atoms with Crippen molar-refractivity contribution >= 4 is 26.4 Å². The van der Waals surface area contributed by atoms with E-state index >= 15 is 0 Å². The maximum Gasteiger partial charge on any atom is 0.293 e. The van der Waals surface area contributed by atoms with Crippen molar-refractivity contribution in [2.45, 2.75) is 109 Å². The second kappa shape index (κ2) is 9.00. The predicted octanol–water partition coefficient (Wildman–Crippen LogP) is 5.06. The van der Waals surface area contributed by atoms with Crippen LogP contribution in [0.15, 0.2) is 0 Å². The molecule has 0 aliphatic heterocycles. The summed E-state index contributed by atoms with van der Waals surface area (Å²) >= 11 is 4.62. The summed E-state index contributed by atoms with van der Waals surface area (Å²) in [5.74, 6) is 0.916. The van der Waals surface area contributed by atoms with Crippen LogP contribution in [0.25, 0.3) is 0 Å². The van der Waals surface area contributed by atoms with Crippen molar-refractivity contribution in [3.63, 3.8) is 0 Å². The third-order valence-electron chi connectivity index (χ3n) is 6.66. The lowest BCUT2D eigenvalue weighted by molar-refractivity contribution is -0.113. The molecule has 0 aromatic heterocycles. The molecule has 151 valence electrons. The summed E-state index contributed by atoms with van der Waals surface area (Å²) in [6.07, 6.45) is 8.07. The molecule has 3 unspecified atom stereocenters. The van der Waals surface area contributed by atoms with Crippen molar-refractivity contribution < 1.29 is 9.45 Å². The van der Waals surface area contributed by atoms with E-state index in [-0.39, 0.29) is 21.7 Å². The van der Waals surface area contributed by atoms with Crippen molar-refractivity contribution in [1.82, 2.24) is 0 Å². The van der Waals surface area contributed by atoms with E-state index in [9.17, 15) is 4.79 Å². The summed E-state index contributed by atoms with van der Waals surface area (Å²) in [6.45, 7) is 15.0. The van der Waals surface area contributed by atoms with Gasteiger partial charge >= 0.3 is 0 Å². The molecule has 0 saturated heterocycles. The van der Waals surface area contributed by atoms with Gasteiger partial charge in [-0.2, -0.15) is 12.6 Å². The van der Waals surface area contributed by atoms with E-state index in [1.807, 2.05) is 7.48 Å². The van der Waals surface area contributed by atoms with E-state index < -0.39 is 5.54 Å². The van der Waals surface area contributed by atoms with Crippen LogP contribution in [0.2, 0.25) is 6.32 Å². The Bertz CT molecular complexity index is 463. The zero-order chi connectivity index (χ0) is 20.2. The van der Waals surface area contributed by atoms with Crippen molar-refractivity contribution in [2.75, 3.05) is 0 Å². The summed E-state index contributed by atoms with van der Waals surface area (Å²) in [5, 5.41) is 0. The summed E-state index contributed by atoms with van der Waals surface area (Å²) < 4.78 is 5.74. The number of nitrogens with two attached hydrogens (primary N) is 1. The highest BCUT2D eigenvalue weighted by atomic mass is 32.1. The van der Waals surface area contributed by atoms with E-state index in [0.717, 1.165) is 51.1 Å². The minimum atomic E-state index is -0.655. The fourth-order valence-corrected chi connectivity index (χ4v) is 4.43. The molecule has 1 saturated carbocycles. The SMILES string of the molecule is CCC1(CC(C)C)CC(CCC[B]OC(C)(C)C(C)(C)S)C(N)(C=O)C1. The summed E-state index contributed by atoms with van der Waals surface area (Å²) in [6, 6.07) is 0. The standard InChI is InChI=1S/C21H41BNO2S/c1-8-20(12-16(2)3)13-17(21(23,14-20)15-24)10-9-11-22-25-18(4,5)19(6,7)26/h15-17,26H,8-14,23H2,1-7H3. The Balaban J connectivity index is 2.57. The van der Waals surface area contributed by atoms with Crippen LogP contribution in [0.5, 0.6) is 0 Å². The van der Waals surface area contributed by atoms with Gasteiger partial charge in [0.25, 0.3) is 7.48 Å². The van der Waals surface area contributed by atoms with Crippen molar-refractivity contribution in [3.8, 4) is 0 Å². The summed E-state index contributed by atoms with van der Waals surface area (Å²) in [7, 11) is 1.91. The zero-order valence-corrected chi connectivity index (χ0v) is 19.0. The van der Waals surface area contributed by atoms with E-state index in [0.29, 0.717) is 5.92 Å². The molecule has 0 amide bonds. The highest BCUT2D eigenvalue weighted by molar-refractivity contribution is 7.81. The van der Waals surface area contributed by atoms with Crippen LogP contribution < -0.4 is 5.73 Å². The first-order chi connectivity index (χ1) is 11.8. The molecule has 0 aromatic rings. The lowest BCUT2D eigenvalue weighted by Crippen LogP contribution is -2.45. The van der Waals surface area contributed by atoms with E-state index in [1.165, 1.54) is 0 Å². The fourth-order valence-electron chi connectivity index (χ4n) is 4.38. The first-order valence-corrected chi connectivity index (χ1v) is 10.7. The molecule has 1 radical (unpaired) electrons. The number of carbonyl (C=O) groups excluding carboxylic acids is 1. The quantitative estimate of drug-likeness (QED) is 0.227. The van der Waals surface area contributed by atoms with Crippen LogP contribution in [-0.2, 0) is 9.45 Å². The van der Waals surface area contributed by atoms with Gasteiger partial charge in [0.2, 0.25) is 0 Å². The fraction of sp³-hybridized carbons (Fsp3) is 0.952. The highest BCUT2D eigenvalue weighted by Gasteiger charge is 2.51. The first-order valence-electron chi connectivity index (χ1n) is 10.3. The van der Waals surface area contributed by atoms with Gasteiger partial charge in [0.05, 0.1) is 11.1 Å². The monoisotopic (exact) mass is 382 g/mol. The molecule has 5 heteroatoms. The van der Waals surface area contributed by atoms with Gasteiger partial charge in [-0.15, -0.1) is 0 Å². The third kappa shape index (κ3) is 6.00. The predicted molar refractivity (Wildman–Crippen MR) is 116 cm³/mol. The normalized spacial score (nSPS) is 30.0. The molecule has 1 aliphatic carbocycles. The van der Waals surface area contributed by atoms with E-state index in [1.54, 1.807) is 0 Å². The minimum absolute atomic E-state index is 0.212. The summed E-state index contributed by atoms with van der Waals surface area (Å²) in [4.78, 5) is 11.8. The van der Waals surface area contributed by atoms with Crippen LogP contribution in [-0.4, -0.2) is 29.7 Å². The average molecular weight is 382 g/mol. The van der Waals surface area contributed by atoms with E-state index in [2.05, 4.69) is 61.1 Å². The van der Waals surface area contributed by atoms with Gasteiger partial charge in [-0.05, 0) is 70.6 Å². The van der Waals surface area contributed by atoms with Gasteiger partial charge in [0.15, 0.2) is 0 Å². The molecule has 0 heterocycles. The Labute approximate surface area is 168 Å². The van der Waals surface area contributed by atoms with Crippen molar-refractivity contribution in [3.05, 3.63) is 0 Å². The van der Waals surface area contributed by atoms with Crippen LogP contribution in [0.3, 0.4) is 0 Å². The molecular weight excluding hydrogens is 341 g/mol. The largest absolute Gasteiger partial charge is 0.434 e. The first kappa shape index (κ1) is 24.0. The van der Waals surface area contributed by atoms with Gasteiger partial charge in [0, 0.05) is 4.75 Å². The number of rotatable bonds is 11. The molecule has 0 bridgehead atoms. The molecule has 1 aliphatic rings. The maximum absolute atomic E-state index is 11.8. The third-order valence-corrected chi connectivity index (χ3v) is 7.20. The molecular formula is C21H41BNO2S. The molecule has 1 rings (SSSR count). The number of carbonyl (C=O) groups is 1. The lowest BCUT2D eigenvalue weighted by atomic mass is 9.75. The number of hydrogen-bond acceptors (Lipinski definition) is 4. The van der Waals surface area contributed by atoms with Gasteiger partial charge in [0.1, 0.15) is 6.29 Å². The molecule has 3 nitrogen and oxygen atoms in total. The molecule has 2 N–H and O–H groups in total. The topological polar surface area (TPSA) is 52.3 Å². The minimum Gasteiger partial charge on any atom is -0.434 e. The molecule has 3 atom stereocenters. The van der Waals surface area contributed by atoms with Crippen molar-refractivity contribution in [1.29, 1.82) is 0 Å². The highest BCUT2D eigenvalue weighted by Crippen LogP contribution is 2.53. The van der Waals surface area contributed by atoms with Gasteiger partial charge < -0.3 is 15.2 Å². The van der Waals surface area contributed by atoms with Gasteiger partial charge in [-0.3, -0.25) is 0 Å². The van der Waals surface area contributed by atoms with Gasteiger partial charge in [-0.1, -0.05) is 39.9 Å². The Hall–Kier alpha value is 0.00494. The number of thiol groups is 1. The Kier molecular flexibility index (Phi) is 8.33. The van der Waals surface area contributed by atoms with Crippen LogP contribution >= 0.6 is 12.6 Å². The van der Waals surface area contributed by atoms with Crippen molar-refractivity contribution in [2.24, 2.45) is 23.0 Å². The number of hydrogen-bond donors (Lipinski definition) is 2. The lowest BCUT2D eigenvalue weighted by Gasteiger charge is -2.38. The maximum atomic E-state index is 11.8. The van der Waals surface area contributed by atoms with Crippen LogP contribution in [0.1, 0.15) is 87.0 Å². The van der Waals surface area contributed by atoms with Crippen LogP contribution in [0, 0.1) is 17.3 Å².